The summed E-state index contributed by atoms with van der Waals surface area (Å²) >= 11 is 0. The molecule has 0 aliphatic rings. The molecule has 2 atom stereocenters. The molecule has 0 saturated carbocycles. The number of aliphatic hydroxyl groups is 1. The number of benzene rings is 2. The summed E-state index contributed by atoms with van der Waals surface area (Å²) in [5.41, 5.74) is 1.54. The molecule has 0 aliphatic heterocycles. The van der Waals surface area contributed by atoms with Crippen LogP contribution in [0.4, 0.5) is 4.79 Å². The van der Waals surface area contributed by atoms with Gasteiger partial charge in [-0.3, -0.25) is 0 Å². The number of methoxy groups -OCH3 is 2. The molecule has 2 aromatic carbocycles. The molecule has 7 heteroatoms. The summed E-state index contributed by atoms with van der Waals surface area (Å²) < 4.78 is 9.78. The van der Waals surface area contributed by atoms with E-state index in [2.05, 4.69) is 10.6 Å². The maximum absolute atomic E-state index is 12.1. The average molecular weight is 372 g/mol. The van der Waals surface area contributed by atoms with Crippen molar-refractivity contribution in [3.8, 4) is 5.75 Å². The normalized spacial score (nSPS) is 12.6. The van der Waals surface area contributed by atoms with E-state index < -0.39 is 24.1 Å². The van der Waals surface area contributed by atoms with Crippen molar-refractivity contribution in [3.63, 3.8) is 0 Å². The van der Waals surface area contributed by atoms with Gasteiger partial charge < -0.3 is 25.2 Å². The average Bonchev–Trinajstić information content (AvgIpc) is 2.72. The molecule has 0 aromatic heterocycles. The number of ether oxygens (including phenoxy) is 2. The van der Waals surface area contributed by atoms with E-state index in [1.165, 1.54) is 14.2 Å². The van der Waals surface area contributed by atoms with Gasteiger partial charge in [0.1, 0.15) is 11.9 Å². The summed E-state index contributed by atoms with van der Waals surface area (Å²) in [6, 6.07) is 14.5. The van der Waals surface area contributed by atoms with Gasteiger partial charge in [0, 0.05) is 6.54 Å². The molecule has 2 rings (SSSR count). The molecule has 27 heavy (non-hydrogen) atoms. The molecule has 0 heterocycles. The Balaban J connectivity index is 1.96. The largest absolute Gasteiger partial charge is 0.497 e. The fraction of sp³-hybridized carbons (Fsp3) is 0.300. The summed E-state index contributed by atoms with van der Waals surface area (Å²) in [5, 5.41) is 15.7. The van der Waals surface area contributed by atoms with Crippen LogP contribution in [-0.4, -0.2) is 43.9 Å². The van der Waals surface area contributed by atoms with Crippen LogP contribution in [0.1, 0.15) is 17.2 Å². The van der Waals surface area contributed by atoms with Crippen LogP contribution in [0.2, 0.25) is 0 Å². The first kappa shape index (κ1) is 20.3. The Kier molecular flexibility index (Phi) is 7.63. The van der Waals surface area contributed by atoms with Crippen molar-refractivity contribution in [2.24, 2.45) is 0 Å². The van der Waals surface area contributed by atoms with Crippen LogP contribution in [-0.2, 0) is 16.0 Å². The number of urea groups is 1. The van der Waals surface area contributed by atoms with Crippen LogP contribution in [0.3, 0.4) is 0 Å². The maximum atomic E-state index is 12.1. The highest BCUT2D eigenvalue weighted by molar-refractivity contribution is 5.84. The SMILES string of the molecule is COC(=O)C(NC(=O)NCCc1ccccc1)C(O)c1ccc(OC)cc1. The van der Waals surface area contributed by atoms with Crippen molar-refractivity contribution in [2.45, 2.75) is 18.6 Å². The van der Waals surface area contributed by atoms with Gasteiger partial charge in [-0.1, -0.05) is 42.5 Å². The van der Waals surface area contributed by atoms with Gasteiger partial charge in [-0.2, -0.15) is 0 Å². The van der Waals surface area contributed by atoms with Crippen LogP contribution in [0.15, 0.2) is 54.6 Å². The number of hydrogen-bond donors (Lipinski definition) is 3. The van der Waals surface area contributed by atoms with Crippen molar-refractivity contribution in [1.29, 1.82) is 0 Å². The third-order valence-corrected chi connectivity index (χ3v) is 4.06. The minimum Gasteiger partial charge on any atom is -0.497 e. The zero-order valence-electron chi connectivity index (χ0n) is 15.3. The molecular weight excluding hydrogens is 348 g/mol. The highest BCUT2D eigenvalue weighted by atomic mass is 16.5. The number of esters is 1. The Hall–Kier alpha value is -3.06. The van der Waals surface area contributed by atoms with Crippen LogP contribution in [0, 0.1) is 0 Å². The molecule has 0 spiro atoms. The van der Waals surface area contributed by atoms with Crippen molar-refractivity contribution < 1.29 is 24.2 Å². The van der Waals surface area contributed by atoms with E-state index >= 15 is 0 Å². The molecule has 0 saturated heterocycles. The zero-order valence-corrected chi connectivity index (χ0v) is 15.3. The standard InChI is InChI=1S/C20H24N2O5/c1-26-16-10-8-15(9-11-16)18(23)17(19(24)27-2)22-20(25)21-13-12-14-6-4-3-5-7-14/h3-11,17-18,23H,12-13H2,1-2H3,(H2,21,22,25). The predicted molar refractivity (Wildman–Crippen MR) is 100 cm³/mol. The van der Waals surface area contributed by atoms with E-state index in [9.17, 15) is 14.7 Å². The minimum absolute atomic E-state index is 0.391. The number of nitrogens with one attached hydrogen (secondary N) is 2. The fourth-order valence-electron chi connectivity index (χ4n) is 2.54. The lowest BCUT2D eigenvalue weighted by Crippen LogP contribution is -2.49. The second-order valence-corrected chi connectivity index (χ2v) is 5.85. The Labute approximate surface area is 158 Å². The summed E-state index contributed by atoms with van der Waals surface area (Å²) in [6.45, 7) is 0.391. The molecule has 0 aliphatic carbocycles. The van der Waals surface area contributed by atoms with Gasteiger partial charge >= 0.3 is 12.0 Å². The van der Waals surface area contributed by atoms with Gasteiger partial charge in [0.25, 0.3) is 0 Å². The van der Waals surface area contributed by atoms with E-state index in [0.29, 0.717) is 24.3 Å². The van der Waals surface area contributed by atoms with E-state index in [4.69, 9.17) is 9.47 Å². The fourth-order valence-corrected chi connectivity index (χ4v) is 2.54. The lowest BCUT2D eigenvalue weighted by Gasteiger charge is -2.22. The first-order valence-corrected chi connectivity index (χ1v) is 8.53. The number of carbonyl (C=O) groups is 2. The van der Waals surface area contributed by atoms with E-state index in [-0.39, 0.29) is 0 Å². The molecule has 0 bridgehead atoms. The molecule has 3 N–H and O–H groups in total. The minimum atomic E-state index is -1.26. The quantitative estimate of drug-likeness (QED) is 0.614. The second-order valence-electron chi connectivity index (χ2n) is 5.85. The van der Waals surface area contributed by atoms with E-state index in [1.54, 1.807) is 24.3 Å². The summed E-state index contributed by atoms with van der Waals surface area (Å²) in [6.07, 6.45) is -0.610. The van der Waals surface area contributed by atoms with Gasteiger partial charge in [0.2, 0.25) is 0 Å². The van der Waals surface area contributed by atoms with Crippen molar-refractivity contribution in [1.82, 2.24) is 10.6 Å². The number of amides is 2. The Morgan fingerprint density at radius 3 is 2.30 bits per heavy atom. The third-order valence-electron chi connectivity index (χ3n) is 4.06. The van der Waals surface area contributed by atoms with Crippen LogP contribution in [0.5, 0.6) is 5.75 Å². The number of rotatable bonds is 8. The smallest absolute Gasteiger partial charge is 0.331 e. The third kappa shape index (κ3) is 6.00. The lowest BCUT2D eigenvalue weighted by atomic mass is 10.0. The van der Waals surface area contributed by atoms with E-state index in [0.717, 1.165) is 5.56 Å². The van der Waals surface area contributed by atoms with Gasteiger partial charge in [0.05, 0.1) is 14.2 Å². The highest BCUT2D eigenvalue weighted by Crippen LogP contribution is 2.21. The van der Waals surface area contributed by atoms with E-state index in [1.807, 2.05) is 30.3 Å². The van der Waals surface area contributed by atoms with Crippen LogP contribution in [0.25, 0.3) is 0 Å². The number of aliphatic hydroxyl groups excluding tert-OH is 1. The molecule has 0 radical (unpaired) electrons. The monoisotopic (exact) mass is 372 g/mol. The Bertz CT molecular complexity index is 734. The van der Waals surface area contributed by atoms with Crippen LogP contribution < -0.4 is 15.4 Å². The van der Waals surface area contributed by atoms with Gasteiger partial charge in [-0.05, 0) is 29.7 Å². The topological polar surface area (TPSA) is 96.9 Å². The molecule has 144 valence electrons. The molecule has 7 nitrogen and oxygen atoms in total. The molecule has 0 fully saturated rings. The lowest BCUT2D eigenvalue weighted by molar-refractivity contribution is -0.146. The van der Waals surface area contributed by atoms with Crippen LogP contribution >= 0.6 is 0 Å². The summed E-state index contributed by atoms with van der Waals surface area (Å²) in [7, 11) is 2.73. The zero-order chi connectivity index (χ0) is 19.6. The molecular formula is C20H24N2O5. The molecule has 2 unspecified atom stereocenters. The summed E-state index contributed by atoms with van der Waals surface area (Å²) in [4.78, 5) is 24.2. The summed E-state index contributed by atoms with van der Waals surface area (Å²) in [5.74, 6) is -0.122. The predicted octanol–water partition coefficient (Wildman–Crippen LogP) is 1.81. The van der Waals surface area contributed by atoms with Crippen molar-refractivity contribution in [2.75, 3.05) is 20.8 Å². The number of carbonyl (C=O) groups excluding carboxylic acids is 2. The first-order chi connectivity index (χ1) is 13.0. The van der Waals surface area contributed by atoms with Gasteiger partial charge in [-0.25, -0.2) is 9.59 Å². The van der Waals surface area contributed by atoms with Crippen molar-refractivity contribution >= 4 is 12.0 Å². The molecule has 2 aromatic rings. The van der Waals surface area contributed by atoms with Crippen molar-refractivity contribution in [3.05, 3.63) is 65.7 Å². The number of hydrogen-bond acceptors (Lipinski definition) is 5. The highest BCUT2D eigenvalue weighted by Gasteiger charge is 2.30. The van der Waals surface area contributed by atoms with Gasteiger partial charge in [0.15, 0.2) is 6.04 Å². The molecule has 2 amide bonds. The van der Waals surface area contributed by atoms with Gasteiger partial charge in [-0.15, -0.1) is 0 Å². The first-order valence-electron chi connectivity index (χ1n) is 8.53. The Morgan fingerprint density at radius 1 is 1.04 bits per heavy atom. The maximum Gasteiger partial charge on any atom is 0.331 e. The second kappa shape index (κ2) is 10.2. The Morgan fingerprint density at radius 2 is 1.70 bits per heavy atom.